The van der Waals surface area contributed by atoms with Crippen molar-refractivity contribution in [2.75, 3.05) is 32.8 Å². The molecule has 15 heteroatoms. The summed E-state index contributed by atoms with van der Waals surface area (Å²) in [6.07, 6.45) is 1.44. The summed E-state index contributed by atoms with van der Waals surface area (Å²) in [5, 5.41) is 16.1. The first-order valence-corrected chi connectivity index (χ1v) is 15.6. The first kappa shape index (κ1) is 30.4. The van der Waals surface area contributed by atoms with Crippen molar-refractivity contribution in [3.63, 3.8) is 0 Å². The first-order valence-electron chi connectivity index (χ1n) is 14.2. The second-order valence-electron chi connectivity index (χ2n) is 10.7. The quantitative estimate of drug-likeness (QED) is 0.165. The molecule has 230 valence electrons. The number of guanidine groups is 1. The zero-order chi connectivity index (χ0) is 30.6. The fourth-order valence-electron chi connectivity index (χ4n) is 5.12. The standard InChI is InChI=1S/C28H36N8O6S/c1-18-32-25(33-42-18)10-11-35(21-7-8-21)27(38)24(15-26(37)31-16-22-17-41-13-12-36(22)28(29)30)34-43(39,40)23-9-6-19-4-2-3-5-20(19)14-23/h2-6,9,14,21-22,24,34H,7-8,10-13,15-17H2,1H3,(H3,29,30)(H,31,37)/t22?,24-/m0/s1. The van der Waals surface area contributed by atoms with Gasteiger partial charge in [0.25, 0.3) is 0 Å². The van der Waals surface area contributed by atoms with Crippen molar-refractivity contribution < 1.29 is 27.3 Å². The van der Waals surface area contributed by atoms with Crippen LogP contribution in [0.5, 0.6) is 0 Å². The Morgan fingerprint density at radius 1 is 1.21 bits per heavy atom. The predicted molar refractivity (Wildman–Crippen MR) is 156 cm³/mol. The molecular formula is C28H36N8O6S. The van der Waals surface area contributed by atoms with Crippen molar-refractivity contribution >= 4 is 38.6 Å². The predicted octanol–water partition coefficient (Wildman–Crippen LogP) is 0.512. The first-order chi connectivity index (χ1) is 20.6. The van der Waals surface area contributed by atoms with Gasteiger partial charge < -0.3 is 30.1 Å². The van der Waals surface area contributed by atoms with E-state index < -0.39 is 34.3 Å². The molecule has 14 nitrogen and oxygen atoms in total. The molecule has 0 spiro atoms. The van der Waals surface area contributed by atoms with Gasteiger partial charge in [-0.15, -0.1) is 0 Å². The maximum Gasteiger partial charge on any atom is 0.241 e. The number of nitrogens with two attached hydrogens (primary N) is 1. The van der Waals surface area contributed by atoms with Crippen LogP contribution in [-0.2, 0) is 30.8 Å². The summed E-state index contributed by atoms with van der Waals surface area (Å²) in [7, 11) is -4.19. The van der Waals surface area contributed by atoms with E-state index in [9.17, 15) is 18.0 Å². The molecule has 0 bridgehead atoms. The number of sulfonamides is 1. The highest BCUT2D eigenvalue weighted by molar-refractivity contribution is 7.89. The Kier molecular flexibility index (Phi) is 9.22. The van der Waals surface area contributed by atoms with E-state index in [1.54, 1.807) is 28.9 Å². The van der Waals surface area contributed by atoms with Crippen LogP contribution < -0.4 is 15.8 Å². The zero-order valence-electron chi connectivity index (χ0n) is 23.9. The molecule has 2 atom stereocenters. The highest BCUT2D eigenvalue weighted by Crippen LogP contribution is 2.28. The lowest BCUT2D eigenvalue weighted by Gasteiger charge is -2.36. The summed E-state index contributed by atoms with van der Waals surface area (Å²) in [5.74, 6) is -0.321. The number of carbonyl (C=O) groups is 2. The van der Waals surface area contributed by atoms with E-state index in [1.165, 1.54) is 12.1 Å². The van der Waals surface area contributed by atoms with Crippen LogP contribution in [0.15, 0.2) is 51.9 Å². The normalized spacial score (nSPS) is 17.9. The average Bonchev–Trinajstić information content (AvgIpc) is 3.75. The van der Waals surface area contributed by atoms with E-state index in [2.05, 4.69) is 20.2 Å². The fourth-order valence-corrected chi connectivity index (χ4v) is 6.35. The number of nitrogens with one attached hydrogen (secondary N) is 3. The number of aryl methyl sites for hydroxylation is 1. The molecule has 0 radical (unpaired) electrons. The van der Waals surface area contributed by atoms with Gasteiger partial charge >= 0.3 is 0 Å². The van der Waals surface area contributed by atoms with E-state index in [4.69, 9.17) is 20.4 Å². The van der Waals surface area contributed by atoms with E-state index in [-0.39, 0.29) is 42.6 Å². The van der Waals surface area contributed by atoms with Gasteiger partial charge in [-0.1, -0.05) is 35.5 Å². The summed E-state index contributed by atoms with van der Waals surface area (Å²) in [5.41, 5.74) is 5.68. The lowest BCUT2D eigenvalue weighted by atomic mass is 10.1. The Morgan fingerprint density at radius 3 is 2.67 bits per heavy atom. The van der Waals surface area contributed by atoms with Crippen molar-refractivity contribution in [2.45, 2.75) is 55.6 Å². The van der Waals surface area contributed by atoms with Gasteiger partial charge in [-0.3, -0.25) is 15.0 Å². The zero-order valence-corrected chi connectivity index (χ0v) is 24.7. The molecule has 1 saturated carbocycles. The number of hydrogen-bond donors (Lipinski definition) is 4. The Balaban J connectivity index is 1.34. The third-order valence-corrected chi connectivity index (χ3v) is 8.97. The smallest absolute Gasteiger partial charge is 0.241 e. The van der Waals surface area contributed by atoms with Crippen molar-refractivity contribution in [1.29, 1.82) is 5.41 Å². The monoisotopic (exact) mass is 612 g/mol. The Bertz CT molecular complexity index is 1590. The van der Waals surface area contributed by atoms with Crippen molar-refractivity contribution in [2.24, 2.45) is 5.73 Å². The lowest BCUT2D eigenvalue weighted by molar-refractivity contribution is -0.136. The summed E-state index contributed by atoms with van der Waals surface area (Å²) in [4.78, 5) is 34.5. The van der Waals surface area contributed by atoms with Gasteiger partial charge in [0, 0.05) is 39.0 Å². The summed E-state index contributed by atoms with van der Waals surface area (Å²) in [6.45, 7) is 3.12. The Labute approximate surface area is 249 Å². The van der Waals surface area contributed by atoms with Crippen LogP contribution in [0.25, 0.3) is 10.8 Å². The number of amides is 2. The number of ether oxygens (including phenoxy) is 1. The van der Waals surface area contributed by atoms with Gasteiger partial charge in [-0.05, 0) is 35.7 Å². The summed E-state index contributed by atoms with van der Waals surface area (Å²) >= 11 is 0. The lowest BCUT2D eigenvalue weighted by Crippen LogP contribution is -2.56. The maximum atomic E-state index is 13.9. The molecule has 5 rings (SSSR count). The highest BCUT2D eigenvalue weighted by Gasteiger charge is 2.38. The number of carbonyl (C=O) groups excluding carboxylic acids is 2. The van der Waals surface area contributed by atoms with Gasteiger partial charge in [0.2, 0.25) is 27.7 Å². The number of aromatic nitrogens is 2. The van der Waals surface area contributed by atoms with Gasteiger partial charge in [0.15, 0.2) is 11.8 Å². The van der Waals surface area contributed by atoms with Crippen molar-refractivity contribution in [1.82, 2.24) is 30.0 Å². The topological polar surface area (TPSA) is 197 Å². The Hall–Kier alpha value is -4.08. The molecule has 2 aromatic carbocycles. The van der Waals surface area contributed by atoms with Crippen LogP contribution >= 0.6 is 0 Å². The molecule has 3 aromatic rings. The fraction of sp³-hybridized carbons (Fsp3) is 0.464. The second-order valence-corrected chi connectivity index (χ2v) is 12.5. The van der Waals surface area contributed by atoms with Crippen LogP contribution in [0.4, 0.5) is 0 Å². The summed E-state index contributed by atoms with van der Waals surface area (Å²) < 4.78 is 40.2. The van der Waals surface area contributed by atoms with Crippen LogP contribution in [-0.4, -0.2) is 97.1 Å². The molecule has 1 unspecified atom stereocenters. The largest absolute Gasteiger partial charge is 0.377 e. The number of hydrogen-bond acceptors (Lipinski definition) is 9. The molecule has 2 aliphatic rings. The van der Waals surface area contributed by atoms with Gasteiger partial charge in [0.05, 0.1) is 30.6 Å². The minimum atomic E-state index is -4.19. The minimum Gasteiger partial charge on any atom is -0.377 e. The molecule has 43 heavy (non-hydrogen) atoms. The number of nitrogens with zero attached hydrogens (tertiary/aromatic N) is 4. The van der Waals surface area contributed by atoms with Crippen molar-refractivity contribution in [3.8, 4) is 0 Å². The molecule has 5 N–H and O–H groups in total. The van der Waals surface area contributed by atoms with E-state index >= 15 is 0 Å². The molecule has 2 amide bonds. The van der Waals surface area contributed by atoms with Crippen molar-refractivity contribution in [3.05, 3.63) is 54.2 Å². The van der Waals surface area contributed by atoms with Crippen LogP contribution in [0.2, 0.25) is 0 Å². The third-order valence-electron chi connectivity index (χ3n) is 7.50. The number of benzene rings is 2. The molecule has 1 aliphatic carbocycles. The second kappa shape index (κ2) is 13.1. The average molecular weight is 613 g/mol. The van der Waals surface area contributed by atoms with E-state index in [0.717, 1.165) is 23.6 Å². The minimum absolute atomic E-state index is 0.0129. The summed E-state index contributed by atoms with van der Waals surface area (Å²) in [6, 6.07) is 10.3. The number of rotatable bonds is 12. The van der Waals surface area contributed by atoms with Gasteiger partial charge in [-0.2, -0.15) is 9.71 Å². The Morgan fingerprint density at radius 2 is 1.98 bits per heavy atom. The number of fused-ring (bicyclic) bond motifs is 1. The van der Waals surface area contributed by atoms with E-state index in [0.29, 0.717) is 31.3 Å². The van der Waals surface area contributed by atoms with Gasteiger partial charge in [0.1, 0.15) is 6.04 Å². The maximum absolute atomic E-state index is 13.9. The van der Waals surface area contributed by atoms with Gasteiger partial charge in [-0.25, -0.2) is 8.42 Å². The van der Waals surface area contributed by atoms with Crippen LogP contribution in [0, 0.1) is 12.3 Å². The third kappa shape index (κ3) is 7.66. The van der Waals surface area contributed by atoms with E-state index in [1.807, 2.05) is 18.2 Å². The molecular weight excluding hydrogens is 576 g/mol. The molecule has 2 heterocycles. The molecule has 1 saturated heterocycles. The van der Waals surface area contributed by atoms with Crippen LogP contribution in [0.1, 0.15) is 31.0 Å². The molecule has 1 aromatic heterocycles. The number of morpholine rings is 1. The highest BCUT2D eigenvalue weighted by atomic mass is 32.2. The van der Waals surface area contributed by atoms with Crippen LogP contribution in [0.3, 0.4) is 0 Å². The molecule has 2 fully saturated rings. The molecule has 1 aliphatic heterocycles. The SMILES string of the molecule is Cc1nc(CCN(C(=O)[C@H](CC(=O)NCC2COCCN2C(=N)N)NS(=O)(=O)c2ccc3ccccc3c2)C2CC2)no1.